The standard InChI is InChI=1S/C22H25N3O3/c1-25-12-4-6-17(25)10-11-23-21(26)15-8-9-19-20(14-15)28-22(24-19)16-5-3-7-18(13-16)27-2/h3,5,7-9,13-14,17H,4,6,10-12H2,1-2H3,(H,23,26)/t17-/m0/s1. The molecule has 0 bridgehead atoms. The highest BCUT2D eigenvalue weighted by Crippen LogP contribution is 2.27. The first-order valence-corrected chi connectivity index (χ1v) is 9.67. The molecule has 2 heterocycles. The molecule has 1 fully saturated rings. The second kappa shape index (κ2) is 8.02. The topological polar surface area (TPSA) is 67.6 Å². The Morgan fingerprint density at radius 1 is 1.32 bits per heavy atom. The molecule has 1 aromatic heterocycles. The van der Waals surface area contributed by atoms with Crippen LogP contribution in [0.25, 0.3) is 22.6 Å². The minimum atomic E-state index is -0.0816. The first-order chi connectivity index (χ1) is 13.6. The number of carbonyl (C=O) groups excluding carboxylic acids is 1. The number of aromatic nitrogens is 1. The number of benzene rings is 2. The number of ether oxygens (including phenoxy) is 1. The van der Waals surface area contributed by atoms with Crippen LogP contribution in [0.3, 0.4) is 0 Å². The van der Waals surface area contributed by atoms with Crippen molar-refractivity contribution in [3.8, 4) is 17.2 Å². The fraction of sp³-hybridized carbons (Fsp3) is 0.364. The van der Waals surface area contributed by atoms with Gasteiger partial charge >= 0.3 is 0 Å². The maximum Gasteiger partial charge on any atom is 0.251 e. The van der Waals surface area contributed by atoms with E-state index in [1.165, 1.54) is 12.8 Å². The normalized spacial score (nSPS) is 17.1. The third-order valence-corrected chi connectivity index (χ3v) is 5.40. The number of fused-ring (bicyclic) bond motifs is 1. The number of hydrogen-bond donors (Lipinski definition) is 1. The molecule has 1 aliphatic rings. The van der Waals surface area contributed by atoms with Gasteiger partial charge in [0.05, 0.1) is 7.11 Å². The van der Waals surface area contributed by atoms with E-state index in [1.807, 2.05) is 30.3 Å². The largest absolute Gasteiger partial charge is 0.497 e. The number of nitrogens with zero attached hydrogens (tertiary/aromatic N) is 2. The maximum atomic E-state index is 12.5. The lowest BCUT2D eigenvalue weighted by atomic mass is 10.1. The molecule has 1 amide bonds. The van der Waals surface area contributed by atoms with E-state index < -0.39 is 0 Å². The van der Waals surface area contributed by atoms with Crippen LogP contribution in [0.2, 0.25) is 0 Å². The number of methoxy groups -OCH3 is 1. The van der Waals surface area contributed by atoms with Gasteiger partial charge in [0.25, 0.3) is 5.91 Å². The van der Waals surface area contributed by atoms with Crippen LogP contribution < -0.4 is 10.1 Å². The summed E-state index contributed by atoms with van der Waals surface area (Å²) in [6.45, 7) is 1.83. The quantitative estimate of drug-likeness (QED) is 0.707. The Morgan fingerprint density at radius 3 is 3.00 bits per heavy atom. The molecule has 146 valence electrons. The van der Waals surface area contributed by atoms with Gasteiger partial charge in [-0.15, -0.1) is 0 Å². The van der Waals surface area contributed by atoms with Gasteiger partial charge in [0.15, 0.2) is 5.58 Å². The van der Waals surface area contributed by atoms with Crippen LogP contribution in [0.4, 0.5) is 0 Å². The van der Waals surface area contributed by atoms with Gasteiger partial charge in [-0.1, -0.05) is 6.07 Å². The SMILES string of the molecule is COc1cccc(-c2nc3ccc(C(=O)NCC[C@@H]4CCCN4C)cc3o2)c1. The molecule has 4 rings (SSSR count). The van der Waals surface area contributed by atoms with Gasteiger partial charge in [0, 0.05) is 23.7 Å². The van der Waals surface area contributed by atoms with Crippen molar-refractivity contribution in [2.45, 2.75) is 25.3 Å². The fourth-order valence-corrected chi connectivity index (χ4v) is 3.74. The molecule has 0 radical (unpaired) electrons. The summed E-state index contributed by atoms with van der Waals surface area (Å²) < 4.78 is 11.1. The van der Waals surface area contributed by atoms with Gasteiger partial charge in [-0.3, -0.25) is 4.79 Å². The first-order valence-electron chi connectivity index (χ1n) is 9.67. The van der Waals surface area contributed by atoms with E-state index in [-0.39, 0.29) is 5.91 Å². The average Bonchev–Trinajstić information content (AvgIpc) is 3.33. The van der Waals surface area contributed by atoms with Crippen molar-refractivity contribution < 1.29 is 13.9 Å². The number of amides is 1. The molecule has 1 saturated heterocycles. The second-order valence-corrected chi connectivity index (χ2v) is 7.25. The molecule has 0 saturated carbocycles. The molecule has 1 aliphatic heterocycles. The van der Waals surface area contributed by atoms with E-state index in [9.17, 15) is 4.79 Å². The predicted octanol–water partition coefficient (Wildman–Crippen LogP) is 3.72. The smallest absolute Gasteiger partial charge is 0.251 e. The highest BCUT2D eigenvalue weighted by atomic mass is 16.5. The fourth-order valence-electron chi connectivity index (χ4n) is 3.74. The summed E-state index contributed by atoms with van der Waals surface area (Å²) in [6.07, 6.45) is 3.43. The van der Waals surface area contributed by atoms with Crippen molar-refractivity contribution in [2.75, 3.05) is 27.2 Å². The number of rotatable bonds is 6. The van der Waals surface area contributed by atoms with Crippen LogP contribution in [-0.2, 0) is 0 Å². The Bertz CT molecular complexity index is 982. The minimum absolute atomic E-state index is 0.0816. The molecule has 0 spiro atoms. The average molecular weight is 379 g/mol. The van der Waals surface area contributed by atoms with Crippen molar-refractivity contribution in [3.05, 3.63) is 48.0 Å². The van der Waals surface area contributed by atoms with E-state index >= 15 is 0 Å². The number of likely N-dealkylation sites (tertiary alicyclic amines) is 1. The lowest BCUT2D eigenvalue weighted by molar-refractivity contribution is 0.0950. The molecule has 0 aliphatic carbocycles. The Morgan fingerprint density at radius 2 is 2.21 bits per heavy atom. The molecule has 6 heteroatoms. The van der Waals surface area contributed by atoms with Gasteiger partial charge in [0.1, 0.15) is 11.3 Å². The second-order valence-electron chi connectivity index (χ2n) is 7.25. The summed E-state index contributed by atoms with van der Waals surface area (Å²) in [4.78, 5) is 19.4. The van der Waals surface area contributed by atoms with Crippen molar-refractivity contribution >= 4 is 17.0 Å². The molecule has 1 atom stereocenters. The highest BCUT2D eigenvalue weighted by Gasteiger charge is 2.20. The summed E-state index contributed by atoms with van der Waals surface area (Å²) >= 11 is 0. The van der Waals surface area contributed by atoms with Gasteiger partial charge in [-0.2, -0.15) is 0 Å². The van der Waals surface area contributed by atoms with E-state index in [0.29, 0.717) is 29.6 Å². The molecule has 1 N–H and O–H groups in total. The van der Waals surface area contributed by atoms with Crippen LogP contribution in [0.1, 0.15) is 29.6 Å². The maximum absolute atomic E-state index is 12.5. The van der Waals surface area contributed by atoms with Crippen LogP contribution in [0, 0.1) is 0 Å². The zero-order valence-electron chi connectivity index (χ0n) is 16.3. The summed E-state index contributed by atoms with van der Waals surface area (Å²) in [6, 6.07) is 13.5. The van der Waals surface area contributed by atoms with E-state index in [0.717, 1.165) is 29.8 Å². The summed E-state index contributed by atoms with van der Waals surface area (Å²) in [7, 11) is 3.78. The monoisotopic (exact) mass is 379 g/mol. The van der Waals surface area contributed by atoms with E-state index in [2.05, 4.69) is 22.2 Å². The van der Waals surface area contributed by atoms with Crippen LogP contribution >= 0.6 is 0 Å². The molecule has 3 aromatic rings. The highest BCUT2D eigenvalue weighted by molar-refractivity contribution is 5.97. The third-order valence-electron chi connectivity index (χ3n) is 5.40. The van der Waals surface area contributed by atoms with Gasteiger partial charge in [-0.05, 0) is 69.3 Å². The molecular formula is C22H25N3O3. The third kappa shape index (κ3) is 3.87. The first kappa shape index (κ1) is 18.5. The number of carbonyl (C=O) groups is 1. The zero-order chi connectivity index (χ0) is 19.5. The molecule has 6 nitrogen and oxygen atoms in total. The van der Waals surface area contributed by atoms with Gasteiger partial charge in [-0.25, -0.2) is 4.98 Å². The Kier molecular flexibility index (Phi) is 5.30. The van der Waals surface area contributed by atoms with Crippen molar-refractivity contribution in [1.29, 1.82) is 0 Å². The lowest BCUT2D eigenvalue weighted by Gasteiger charge is -2.19. The van der Waals surface area contributed by atoms with Crippen LogP contribution in [0.15, 0.2) is 46.9 Å². The van der Waals surface area contributed by atoms with Crippen molar-refractivity contribution in [1.82, 2.24) is 15.2 Å². The predicted molar refractivity (Wildman–Crippen MR) is 109 cm³/mol. The van der Waals surface area contributed by atoms with Crippen LogP contribution in [-0.4, -0.2) is 49.1 Å². The van der Waals surface area contributed by atoms with Gasteiger partial charge < -0.3 is 19.4 Å². The number of nitrogens with one attached hydrogen (secondary N) is 1. The Hall–Kier alpha value is -2.86. The van der Waals surface area contributed by atoms with Crippen LogP contribution in [0.5, 0.6) is 5.75 Å². The van der Waals surface area contributed by atoms with E-state index in [1.54, 1.807) is 19.2 Å². The molecule has 0 unspecified atom stereocenters. The van der Waals surface area contributed by atoms with Gasteiger partial charge in [0.2, 0.25) is 5.89 Å². The number of oxazole rings is 1. The molecular weight excluding hydrogens is 354 g/mol. The Balaban J connectivity index is 1.45. The van der Waals surface area contributed by atoms with Crippen molar-refractivity contribution in [3.63, 3.8) is 0 Å². The molecule has 2 aromatic carbocycles. The minimum Gasteiger partial charge on any atom is -0.497 e. The Labute approximate surface area is 164 Å². The molecule has 28 heavy (non-hydrogen) atoms. The zero-order valence-corrected chi connectivity index (χ0v) is 16.3. The summed E-state index contributed by atoms with van der Waals surface area (Å²) in [5.41, 5.74) is 2.74. The number of hydrogen-bond acceptors (Lipinski definition) is 5. The van der Waals surface area contributed by atoms with E-state index in [4.69, 9.17) is 9.15 Å². The summed E-state index contributed by atoms with van der Waals surface area (Å²) in [5.74, 6) is 1.17. The summed E-state index contributed by atoms with van der Waals surface area (Å²) in [5, 5.41) is 3.02. The lowest BCUT2D eigenvalue weighted by Crippen LogP contribution is -2.31. The van der Waals surface area contributed by atoms with Crippen molar-refractivity contribution in [2.24, 2.45) is 0 Å².